The molecule has 0 saturated heterocycles. The predicted molar refractivity (Wildman–Crippen MR) is 43.2 cm³/mol. The topological polar surface area (TPSA) is 31.5 Å². The maximum Gasteiger partial charge on any atom is 0.107 e. The van der Waals surface area contributed by atoms with Crippen LogP contribution in [-0.2, 0) is 0 Å². The minimum absolute atomic E-state index is 0. The minimum atomic E-state index is -0.151. The van der Waals surface area contributed by atoms with E-state index < -0.39 is 0 Å². The van der Waals surface area contributed by atoms with Crippen LogP contribution >= 0.6 is 23.2 Å². The maximum absolute atomic E-state index is 5.48. The minimum Gasteiger partial charge on any atom is -0.412 e. The Morgan fingerprint density at radius 3 is 2.11 bits per heavy atom. The molecule has 0 unspecified atom stereocenters. The average molecular weight is 173 g/mol. The summed E-state index contributed by atoms with van der Waals surface area (Å²) in [5.74, 6) is 0. The molecule has 0 radical (unpaired) electrons. The molecule has 0 aliphatic rings. The molecule has 58 valence electrons. The molecule has 0 spiro atoms. The van der Waals surface area contributed by atoms with Gasteiger partial charge in [0.05, 0.1) is 0 Å². The fourth-order valence-corrected chi connectivity index (χ4v) is 0.857. The van der Waals surface area contributed by atoms with Crippen LogP contribution in [0.1, 0.15) is 32.6 Å². The van der Waals surface area contributed by atoms with Gasteiger partial charge in [-0.1, -0.05) is 26.2 Å². The van der Waals surface area contributed by atoms with Crippen LogP contribution in [0.3, 0.4) is 0 Å². The van der Waals surface area contributed by atoms with Gasteiger partial charge in [0.25, 0.3) is 0 Å². The molecule has 0 heterocycles. The van der Waals surface area contributed by atoms with Crippen molar-refractivity contribution >= 4 is 23.2 Å². The van der Waals surface area contributed by atoms with Gasteiger partial charge < -0.3 is 5.48 Å². The fraction of sp³-hybridized carbons (Fsp3) is 1.00. The van der Waals surface area contributed by atoms with E-state index in [9.17, 15) is 0 Å². The Morgan fingerprint density at radius 1 is 1.22 bits per heavy atom. The number of hydrogen-bond donors (Lipinski definition) is 0. The number of unbranched alkanes of at least 4 members (excludes halogenated alkanes) is 2. The molecule has 0 atom stereocenters. The molecule has 0 aromatic heterocycles. The lowest BCUT2D eigenvalue weighted by atomic mass is 10.2. The van der Waals surface area contributed by atoms with Crippen LogP contribution in [0.5, 0.6) is 0 Å². The Labute approximate surface area is 66.7 Å². The third kappa shape index (κ3) is 11.9. The van der Waals surface area contributed by atoms with Crippen molar-refractivity contribution in [2.45, 2.75) is 37.4 Å². The van der Waals surface area contributed by atoms with E-state index in [4.69, 9.17) is 23.2 Å². The van der Waals surface area contributed by atoms with Gasteiger partial charge >= 0.3 is 0 Å². The Hall–Kier alpha value is 0.540. The number of rotatable bonds is 4. The van der Waals surface area contributed by atoms with Gasteiger partial charge in [-0.05, 0) is 6.42 Å². The Balaban J connectivity index is 0. The Bertz CT molecular complexity index is 48.3. The molecular weight excluding hydrogens is 159 g/mol. The van der Waals surface area contributed by atoms with E-state index in [0.29, 0.717) is 0 Å². The summed E-state index contributed by atoms with van der Waals surface area (Å²) < 4.78 is 0. The Morgan fingerprint density at radius 2 is 1.78 bits per heavy atom. The maximum atomic E-state index is 5.48. The molecule has 0 aromatic rings. The molecule has 0 bridgehead atoms. The van der Waals surface area contributed by atoms with Gasteiger partial charge in [0.15, 0.2) is 0 Å². The summed E-state index contributed by atoms with van der Waals surface area (Å²) in [6.45, 7) is 2.16. The summed E-state index contributed by atoms with van der Waals surface area (Å²) in [6, 6.07) is 0. The van der Waals surface area contributed by atoms with E-state index >= 15 is 0 Å². The second kappa shape index (κ2) is 8.54. The largest absolute Gasteiger partial charge is 0.412 e. The summed E-state index contributed by atoms with van der Waals surface area (Å²) in [5, 5.41) is 0. The van der Waals surface area contributed by atoms with Gasteiger partial charge in [-0.15, -0.1) is 23.2 Å². The smallest absolute Gasteiger partial charge is 0.107 e. The van der Waals surface area contributed by atoms with Gasteiger partial charge in [-0.2, -0.15) is 0 Å². The van der Waals surface area contributed by atoms with Crippen molar-refractivity contribution in [2.24, 2.45) is 0 Å². The summed E-state index contributed by atoms with van der Waals surface area (Å²) in [6.07, 6.45) is 4.58. The fourth-order valence-electron chi connectivity index (χ4n) is 0.549. The highest BCUT2D eigenvalue weighted by atomic mass is 35.5. The van der Waals surface area contributed by atoms with Crippen molar-refractivity contribution in [1.82, 2.24) is 0 Å². The molecule has 0 fully saturated rings. The second-order valence-electron chi connectivity index (χ2n) is 1.89. The monoisotopic (exact) mass is 172 g/mol. The third-order valence-corrected chi connectivity index (χ3v) is 1.46. The zero-order chi connectivity index (χ0) is 6.41. The number of hydrogen-bond acceptors (Lipinski definition) is 0. The third-order valence-electron chi connectivity index (χ3n) is 1.03. The van der Waals surface area contributed by atoms with Crippen LogP contribution in [0.25, 0.3) is 0 Å². The number of halogens is 2. The lowest BCUT2D eigenvalue weighted by Crippen LogP contribution is -1.84. The van der Waals surface area contributed by atoms with E-state index in [1.807, 2.05) is 0 Å². The van der Waals surface area contributed by atoms with Gasteiger partial charge in [-0.3, -0.25) is 0 Å². The molecule has 0 rings (SSSR count). The molecule has 0 aliphatic heterocycles. The standard InChI is InChI=1S/C6H12Cl2.H2O/c1-2-3-4-5-6(7)8;/h6H,2-5H2,1H3;1H2. The highest BCUT2D eigenvalue weighted by molar-refractivity contribution is 6.44. The molecule has 1 nitrogen and oxygen atoms in total. The molecule has 0 amide bonds. The molecule has 3 heteroatoms. The lowest BCUT2D eigenvalue weighted by Gasteiger charge is -1.96. The highest BCUT2D eigenvalue weighted by Gasteiger charge is 1.95. The molecule has 0 saturated carbocycles. The summed E-state index contributed by atoms with van der Waals surface area (Å²) in [7, 11) is 0. The molecule has 9 heavy (non-hydrogen) atoms. The van der Waals surface area contributed by atoms with E-state index in [1.54, 1.807) is 0 Å². The van der Waals surface area contributed by atoms with Gasteiger partial charge in [0, 0.05) is 0 Å². The average Bonchev–Trinajstić information content (AvgIpc) is 1.66. The van der Waals surface area contributed by atoms with Crippen molar-refractivity contribution in [3.63, 3.8) is 0 Å². The van der Waals surface area contributed by atoms with Crippen molar-refractivity contribution in [2.75, 3.05) is 0 Å². The van der Waals surface area contributed by atoms with Crippen molar-refractivity contribution in [3.8, 4) is 0 Å². The van der Waals surface area contributed by atoms with E-state index in [0.717, 1.165) is 12.8 Å². The second-order valence-corrected chi connectivity index (χ2v) is 3.16. The van der Waals surface area contributed by atoms with Crippen LogP contribution in [0.15, 0.2) is 0 Å². The van der Waals surface area contributed by atoms with Crippen LogP contribution in [0.2, 0.25) is 0 Å². The lowest BCUT2D eigenvalue weighted by molar-refractivity contribution is 0.692. The van der Waals surface area contributed by atoms with Crippen LogP contribution in [-0.4, -0.2) is 10.3 Å². The first kappa shape index (κ1) is 12.2. The SMILES string of the molecule is CCCCCC(Cl)Cl.O. The quantitative estimate of drug-likeness (QED) is 0.462. The van der Waals surface area contributed by atoms with Crippen LogP contribution in [0, 0.1) is 0 Å². The normalized spacial score (nSPS) is 9.33. The summed E-state index contributed by atoms with van der Waals surface area (Å²) in [4.78, 5) is -0.151. The molecular formula is C6H14Cl2O. The first-order valence-corrected chi connectivity index (χ1v) is 3.92. The van der Waals surface area contributed by atoms with Crippen LogP contribution in [0.4, 0.5) is 0 Å². The van der Waals surface area contributed by atoms with Crippen molar-refractivity contribution < 1.29 is 5.48 Å². The van der Waals surface area contributed by atoms with Gasteiger partial charge in [0.1, 0.15) is 4.84 Å². The summed E-state index contributed by atoms with van der Waals surface area (Å²) >= 11 is 11.0. The highest BCUT2D eigenvalue weighted by Crippen LogP contribution is 2.11. The first-order chi connectivity index (χ1) is 3.77. The van der Waals surface area contributed by atoms with Gasteiger partial charge in [-0.25, -0.2) is 0 Å². The molecule has 2 N–H and O–H groups in total. The molecule has 0 aliphatic carbocycles. The van der Waals surface area contributed by atoms with E-state index in [2.05, 4.69) is 6.92 Å². The zero-order valence-corrected chi connectivity index (χ0v) is 7.17. The van der Waals surface area contributed by atoms with Crippen molar-refractivity contribution in [1.29, 1.82) is 0 Å². The summed E-state index contributed by atoms with van der Waals surface area (Å²) in [5.41, 5.74) is 0. The number of alkyl halides is 2. The Kier molecular flexibility index (Phi) is 11.6. The molecule has 0 aromatic carbocycles. The zero-order valence-electron chi connectivity index (χ0n) is 5.66. The van der Waals surface area contributed by atoms with Crippen LogP contribution < -0.4 is 0 Å². The first-order valence-electron chi connectivity index (χ1n) is 3.05. The van der Waals surface area contributed by atoms with Crippen molar-refractivity contribution in [3.05, 3.63) is 0 Å². The van der Waals surface area contributed by atoms with E-state index in [-0.39, 0.29) is 10.3 Å². The van der Waals surface area contributed by atoms with Gasteiger partial charge in [0.2, 0.25) is 0 Å². The predicted octanol–water partition coefficient (Wildman–Crippen LogP) is 2.55. The van der Waals surface area contributed by atoms with E-state index in [1.165, 1.54) is 12.8 Å².